The lowest BCUT2D eigenvalue weighted by molar-refractivity contribution is 0.373. The third-order valence-corrected chi connectivity index (χ3v) is 5.65. The van der Waals surface area contributed by atoms with Crippen LogP contribution in [0.25, 0.3) is 0 Å². The fraction of sp³-hybridized carbons (Fsp3) is 0.600. The molecule has 0 aliphatic carbocycles. The van der Waals surface area contributed by atoms with Crippen molar-refractivity contribution in [2.45, 2.75) is 44.5 Å². The van der Waals surface area contributed by atoms with E-state index < -0.39 is 15.0 Å². The fourth-order valence-corrected chi connectivity index (χ4v) is 3.68. The van der Waals surface area contributed by atoms with Crippen molar-refractivity contribution in [3.05, 3.63) is 35.9 Å². The molecule has 0 radical (unpaired) electrons. The zero-order valence-corrected chi connectivity index (χ0v) is 13.8. The molecule has 1 aromatic rings. The van der Waals surface area contributed by atoms with E-state index in [0.717, 1.165) is 25.7 Å². The number of sulfonamides is 1. The molecule has 0 atom stereocenters. The molecular weight excluding hydrogens is 286 g/mol. The number of benzene rings is 1. The second-order valence-corrected chi connectivity index (χ2v) is 7.41. The van der Waals surface area contributed by atoms with Crippen LogP contribution in [-0.4, -0.2) is 25.8 Å². The van der Waals surface area contributed by atoms with Gasteiger partial charge in [-0.2, -0.15) is 4.31 Å². The van der Waals surface area contributed by atoms with Gasteiger partial charge >= 0.3 is 0 Å². The molecule has 0 fully saturated rings. The van der Waals surface area contributed by atoms with Crippen LogP contribution in [-0.2, 0) is 15.0 Å². The molecule has 0 aromatic heterocycles. The van der Waals surface area contributed by atoms with Gasteiger partial charge in [0.25, 0.3) is 10.0 Å². The zero-order valence-electron chi connectivity index (χ0n) is 13.0. The molecule has 0 saturated carbocycles. The summed E-state index contributed by atoms with van der Waals surface area (Å²) in [6.07, 6.45) is 3.44. The number of rotatable bonds is 9. The van der Waals surface area contributed by atoms with Gasteiger partial charge < -0.3 is 0 Å². The number of unbranched alkanes of at least 4 members (excludes halogenated alkanes) is 2. The standard InChI is InChI=1S/C15H27N3O2S/c1-3-5-12-18(13-6-4-2)21(19,20)15(16,17)14-10-8-7-9-11-14/h7-11H,3-6,12-13,16-17H2,1-2H3. The normalized spacial score (nSPS) is 12.8. The van der Waals surface area contributed by atoms with Crippen LogP contribution in [0.1, 0.15) is 45.1 Å². The molecule has 0 aliphatic heterocycles. The first-order valence-electron chi connectivity index (χ1n) is 7.50. The third kappa shape index (κ3) is 4.26. The summed E-state index contributed by atoms with van der Waals surface area (Å²) in [7, 11) is -3.81. The van der Waals surface area contributed by atoms with E-state index >= 15 is 0 Å². The van der Waals surface area contributed by atoms with E-state index in [2.05, 4.69) is 0 Å². The van der Waals surface area contributed by atoms with Gasteiger partial charge in [-0.1, -0.05) is 57.0 Å². The van der Waals surface area contributed by atoms with Crippen molar-refractivity contribution in [2.24, 2.45) is 11.5 Å². The zero-order chi connectivity index (χ0) is 15.9. The van der Waals surface area contributed by atoms with Crippen molar-refractivity contribution in [3.63, 3.8) is 0 Å². The number of nitrogens with zero attached hydrogens (tertiary/aromatic N) is 1. The SMILES string of the molecule is CCCCN(CCCC)S(=O)(=O)C(N)(N)c1ccccc1. The van der Waals surface area contributed by atoms with Crippen molar-refractivity contribution in [1.29, 1.82) is 0 Å². The average Bonchev–Trinajstić information content (AvgIpc) is 2.47. The Bertz CT molecular complexity index is 507. The van der Waals surface area contributed by atoms with Gasteiger partial charge in [0.1, 0.15) is 0 Å². The van der Waals surface area contributed by atoms with Crippen LogP contribution in [0.5, 0.6) is 0 Å². The predicted molar refractivity (Wildman–Crippen MR) is 86.8 cm³/mol. The largest absolute Gasteiger partial charge is 0.296 e. The van der Waals surface area contributed by atoms with Gasteiger partial charge in [-0.15, -0.1) is 0 Å². The van der Waals surface area contributed by atoms with Crippen LogP contribution in [0.15, 0.2) is 30.3 Å². The maximum atomic E-state index is 12.8. The van der Waals surface area contributed by atoms with Gasteiger partial charge in [-0.25, -0.2) is 8.42 Å². The van der Waals surface area contributed by atoms with E-state index in [-0.39, 0.29) is 0 Å². The van der Waals surface area contributed by atoms with Gasteiger partial charge in [-0.3, -0.25) is 11.5 Å². The van der Waals surface area contributed by atoms with Crippen molar-refractivity contribution >= 4 is 10.0 Å². The monoisotopic (exact) mass is 313 g/mol. The van der Waals surface area contributed by atoms with Crippen LogP contribution in [0.3, 0.4) is 0 Å². The molecule has 0 unspecified atom stereocenters. The topological polar surface area (TPSA) is 89.4 Å². The van der Waals surface area contributed by atoms with Crippen LogP contribution in [0.4, 0.5) is 0 Å². The molecule has 0 aliphatic rings. The van der Waals surface area contributed by atoms with Gasteiger partial charge in [0.15, 0.2) is 0 Å². The summed E-state index contributed by atoms with van der Waals surface area (Å²) in [6, 6.07) is 8.58. The quantitative estimate of drug-likeness (QED) is 0.682. The number of hydrogen-bond acceptors (Lipinski definition) is 4. The first-order valence-corrected chi connectivity index (χ1v) is 8.94. The van der Waals surface area contributed by atoms with Crippen molar-refractivity contribution in [3.8, 4) is 0 Å². The van der Waals surface area contributed by atoms with Crippen molar-refractivity contribution < 1.29 is 8.42 Å². The van der Waals surface area contributed by atoms with E-state index in [1.54, 1.807) is 30.3 Å². The Hall–Kier alpha value is -0.950. The average molecular weight is 313 g/mol. The Labute approximate surface area is 128 Å². The Kier molecular flexibility index (Phi) is 6.80. The molecule has 6 heteroatoms. The Morgan fingerprint density at radius 3 is 1.90 bits per heavy atom. The molecule has 0 amide bonds. The maximum absolute atomic E-state index is 12.8. The molecule has 5 nitrogen and oxygen atoms in total. The minimum atomic E-state index is -3.81. The van der Waals surface area contributed by atoms with Gasteiger partial charge in [-0.05, 0) is 12.8 Å². The highest BCUT2D eigenvalue weighted by Gasteiger charge is 2.41. The van der Waals surface area contributed by atoms with Crippen LogP contribution >= 0.6 is 0 Å². The molecule has 0 saturated heterocycles. The molecule has 0 heterocycles. The first kappa shape index (κ1) is 18.1. The summed E-state index contributed by atoms with van der Waals surface area (Å²) < 4.78 is 27.1. The van der Waals surface area contributed by atoms with Crippen molar-refractivity contribution in [1.82, 2.24) is 4.31 Å². The Morgan fingerprint density at radius 1 is 1.00 bits per heavy atom. The Morgan fingerprint density at radius 2 is 1.48 bits per heavy atom. The van der Waals surface area contributed by atoms with E-state index in [1.165, 1.54) is 4.31 Å². The molecular formula is C15H27N3O2S. The van der Waals surface area contributed by atoms with Gasteiger partial charge in [0, 0.05) is 18.7 Å². The molecule has 0 spiro atoms. The molecule has 21 heavy (non-hydrogen) atoms. The molecule has 4 N–H and O–H groups in total. The van der Waals surface area contributed by atoms with Crippen molar-refractivity contribution in [2.75, 3.05) is 13.1 Å². The first-order chi connectivity index (χ1) is 9.87. The molecule has 120 valence electrons. The van der Waals surface area contributed by atoms with E-state index in [9.17, 15) is 8.42 Å². The number of hydrogen-bond donors (Lipinski definition) is 2. The second kappa shape index (κ2) is 7.89. The molecule has 1 aromatic carbocycles. The fourth-order valence-electron chi connectivity index (χ4n) is 2.08. The highest BCUT2D eigenvalue weighted by molar-refractivity contribution is 7.90. The van der Waals surface area contributed by atoms with E-state index in [4.69, 9.17) is 11.5 Å². The summed E-state index contributed by atoms with van der Waals surface area (Å²) in [6.45, 7) is 4.98. The lowest BCUT2D eigenvalue weighted by Crippen LogP contribution is -2.58. The van der Waals surface area contributed by atoms with E-state index in [1.807, 2.05) is 13.8 Å². The summed E-state index contributed by atoms with van der Waals surface area (Å²) in [5.74, 6) is 0. The number of nitrogens with two attached hydrogens (primary N) is 2. The lowest BCUT2D eigenvalue weighted by atomic mass is 10.2. The maximum Gasteiger partial charge on any atom is 0.251 e. The summed E-state index contributed by atoms with van der Waals surface area (Å²) >= 11 is 0. The van der Waals surface area contributed by atoms with Gasteiger partial charge in [0.05, 0.1) is 0 Å². The summed E-state index contributed by atoms with van der Waals surface area (Å²) in [5.41, 5.74) is 12.4. The van der Waals surface area contributed by atoms with Gasteiger partial charge in [0.2, 0.25) is 4.99 Å². The van der Waals surface area contributed by atoms with Crippen LogP contribution in [0.2, 0.25) is 0 Å². The van der Waals surface area contributed by atoms with Crippen LogP contribution in [0, 0.1) is 0 Å². The molecule has 0 bridgehead atoms. The second-order valence-electron chi connectivity index (χ2n) is 5.27. The highest BCUT2D eigenvalue weighted by atomic mass is 32.2. The summed E-state index contributed by atoms with van der Waals surface area (Å²) in [5, 5.41) is 0. The van der Waals surface area contributed by atoms with Crippen LogP contribution < -0.4 is 11.5 Å². The summed E-state index contributed by atoms with van der Waals surface area (Å²) in [4.78, 5) is -1.89. The lowest BCUT2D eigenvalue weighted by Gasteiger charge is -2.32. The van der Waals surface area contributed by atoms with E-state index in [0.29, 0.717) is 18.7 Å². The predicted octanol–water partition coefficient (Wildman–Crippen LogP) is 1.95. The third-order valence-electron chi connectivity index (χ3n) is 3.51. The minimum absolute atomic E-state index is 0.406. The smallest absolute Gasteiger partial charge is 0.251 e. The highest BCUT2D eigenvalue weighted by Crippen LogP contribution is 2.23. The minimum Gasteiger partial charge on any atom is -0.296 e. The molecule has 1 rings (SSSR count). The Balaban J connectivity index is 3.08.